The fourth-order valence-electron chi connectivity index (χ4n) is 9.50. The predicted octanol–water partition coefficient (Wildman–Crippen LogP) is 7.23. The molecular formula is C52H63F3N6O9S. The third-order valence-electron chi connectivity index (χ3n) is 13.0. The van der Waals surface area contributed by atoms with E-state index in [0.717, 1.165) is 33.8 Å². The number of halogens is 3. The lowest BCUT2D eigenvalue weighted by Gasteiger charge is -2.63. The van der Waals surface area contributed by atoms with Crippen molar-refractivity contribution in [2.24, 2.45) is 16.2 Å². The lowest BCUT2D eigenvalue weighted by molar-refractivity contribution is -0.164. The van der Waals surface area contributed by atoms with Crippen LogP contribution in [0.3, 0.4) is 0 Å². The van der Waals surface area contributed by atoms with Crippen LogP contribution >= 0.6 is 11.3 Å². The Balaban J connectivity index is 0.868. The number of carbonyl (C=O) groups is 4. The summed E-state index contributed by atoms with van der Waals surface area (Å²) in [5.74, 6) is -1.09. The number of aromatic nitrogens is 1. The van der Waals surface area contributed by atoms with Gasteiger partial charge in [-0.25, -0.2) is 4.98 Å². The number of β-amino-alcohol motifs (C(OH)–C–C–N with tert-alkyl or cyclic N) is 1. The Morgan fingerprint density at radius 3 is 2.15 bits per heavy atom. The molecule has 6 rings (SSSR count). The number of aliphatic hydroxyl groups is 1. The summed E-state index contributed by atoms with van der Waals surface area (Å²) >= 11 is 1.56. The molecule has 4 aromatic rings. The maximum atomic E-state index is 14.0. The molecule has 1 aromatic heterocycles. The molecule has 2 heterocycles. The van der Waals surface area contributed by atoms with Gasteiger partial charge in [0.05, 0.1) is 65.8 Å². The van der Waals surface area contributed by atoms with Crippen LogP contribution in [-0.2, 0) is 36.6 Å². The number of rotatable bonds is 20. The molecule has 0 radical (unpaired) electrons. The Kier molecular flexibility index (Phi) is 17.2. The van der Waals surface area contributed by atoms with E-state index in [1.165, 1.54) is 11.0 Å². The Labute approximate surface area is 416 Å². The molecule has 71 heavy (non-hydrogen) atoms. The largest absolute Gasteiger partial charge is 0.491 e. The van der Waals surface area contributed by atoms with Crippen molar-refractivity contribution in [2.75, 3.05) is 39.6 Å². The quantitative estimate of drug-likeness (QED) is 0.0651. The Bertz CT molecular complexity index is 2540. The highest BCUT2D eigenvalue weighted by Crippen LogP contribution is 2.56. The van der Waals surface area contributed by atoms with E-state index in [1.54, 1.807) is 47.2 Å². The van der Waals surface area contributed by atoms with Crippen molar-refractivity contribution < 1.29 is 56.4 Å². The number of thiazole rings is 1. The van der Waals surface area contributed by atoms with Gasteiger partial charge in [-0.2, -0.15) is 18.4 Å². The normalized spacial score (nSPS) is 19.7. The second-order valence-corrected chi connectivity index (χ2v) is 21.0. The zero-order chi connectivity index (χ0) is 51.9. The fourth-order valence-corrected chi connectivity index (χ4v) is 10.3. The van der Waals surface area contributed by atoms with Gasteiger partial charge in [0.25, 0.3) is 5.91 Å². The van der Waals surface area contributed by atoms with E-state index < -0.39 is 69.7 Å². The molecular weight excluding hydrogens is 942 g/mol. The number of ether oxygens (including phenoxy) is 4. The van der Waals surface area contributed by atoms with Gasteiger partial charge in [0.2, 0.25) is 17.7 Å². The van der Waals surface area contributed by atoms with Crippen LogP contribution in [0.5, 0.6) is 11.5 Å². The van der Waals surface area contributed by atoms with E-state index >= 15 is 0 Å². The highest BCUT2D eigenvalue weighted by atomic mass is 32.1. The SMILES string of the molecule is Cc1ncsc1-c1ccc(CNC(=O)C2CC(O)CN2C(=O)C(NC(=O)CCOCCOCCOc2ccc(C(=O)NC3C(C)(C)C(Oc4ccc(C#N)c(C(F)(F)F)c4)C3(C)C)cc2)C(C)(C)C)cc1. The second-order valence-electron chi connectivity index (χ2n) is 20.2. The molecule has 3 aromatic carbocycles. The number of nitriles is 1. The van der Waals surface area contributed by atoms with Crippen LogP contribution in [0.25, 0.3) is 10.4 Å². The number of benzene rings is 3. The van der Waals surface area contributed by atoms with E-state index in [0.29, 0.717) is 11.3 Å². The number of nitrogens with one attached hydrogen (secondary N) is 3. The van der Waals surface area contributed by atoms with Gasteiger partial charge in [-0.1, -0.05) is 72.7 Å². The standard InChI is InChI=1S/C52H63F3N6O9S/c1-31-42(71-30-58-31)33-11-9-32(10-12-33)28-57-45(65)40-25-36(62)29-61(40)46(66)43(49(2,3)4)59-41(63)19-20-67-21-22-68-23-24-69-37-16-13-34(14-17-37)44(64)60-47-50(5,6)48(51(47,7)8)70-38-18-15-35(27-56)39(26-38)52(53,54)55/h9-18,26,30,36,40,43,47-48,62H,19-25,28-29H2,1-8H3,(H,57,65)(H,59,63)(H,60,64). The van der Waals surface area contributed by atoms with Crippen molar-refractivity contribution in [3.63, 3.8) is 0 Å². The minimum absolute atomic E-state index is 0.0147. The lowest BCUT2D eigenvalue weighted by Crippen LogP contribution is -2.74. The van der Waals surface area contributed by atoms with Crippen LogP contribution in [0.2, 0.25) is 0 Å². The maximum absolute atomic E-state index is 14.0. The molecule has 2 aliphatic rings. The molecule has 15 nitrogen and oxygen atoms in total. The third kappa shape index (κ3) is 13.3. The van der Waals surface area contributed by atoms with E-state index in [9.17, 15) is 37.5 Å². The molecule has 2 fully saturated rings. The first-order chi connectivity index (χ1) is 33.4. The van der Waals surface area contributed by atoms with Gasteiger partial charge in [-0.3, -0.25) is 19.2 Å². The molecule has 1 aliphatic heterocycles. The van der Waals surface area contributed by atoms with Gasteiger partial charge < -0.3 is 44.9 Å². The minimum atomic E-state index is -4.72. The number of carbonyl (C=O) groups excluding carboxylic acids is 4. The summed E-state index contributed by atoms with van der Waals surface area (Å²) in [6, 6.07) is 17.0. The summed E-state index contributed by atoms with van der Waals surface area (Å²) in [4.78, 5) is 60.5. The monoisotopic (exact) mass is 1000 g/mol. The van der Waals surface area contributed by atoms with Gasteiger partial charge >= 0.3 is 6.18 Å². The fraction of sp³-hybridized carbons (Fsp3) is 0.500. The van der Waals surface area contributed by atoms with Crippen LogP contribution in [0, 0.1) is 34.5 Å². The number of aliphatic hydroxyl groups excluding tert-OH is 1. The van der Waals surface area contributed by atoms with Crippen molar-refractivity contribution in [3.05, 3.63) is 100 Å². The number of amides is 4. The number of hydrogen-bond acceptors (Lipinski definition) is 12. The number of alkyl halides is 3. The van der Waals surface area contributed by atoms with E-state index in [4.69, 9.17) is 24.2 Å². The number of aryl methyl sites for hydroxylation is 1. The number of hydrogen-bond donors (Lipinski definition) is 4. The molecule has 4 N–H and O–H groups in total. The zero-order valence-corrected chi connectivity index (χ0v) is 42.1. The van der Waals surface area contributed by atoms with E-state index in [-0.39, 0.29) is 82.6 Å². The maximum Gasteiger partial charge on any atom is 0.417 e. The third-order valence-corrected chi connectivity index (χ3v) is 13.9. The smallest absolute Gasteiger partial charge is 0.417 e. The minimum Gasteiger partial charge on any atom is -0.491 e. The summed E-state index contributed by atoms with van der Waals surface area (Å²) in [6.45, 7) is 16.1. The molecule has 19 heteroatoms. The molecule has 0 bridgehead atoms. The first kappa shape index (κ1) is 54.3. The summed E-state index contributed by atoms with van der Waals surface area (Å²) in [5.41, 5.74) is 1.46. The van der Waals surface area contributed by atoms with Gasteiger partial charge in [0.1, 0.15) is 36.3 Å². The highest BCUT2D eigenvalue weighted by Gasteiger charge is 2.64. The van der Waals surface area contributed by atoms with E-state index in [1.807, 2.05) is 79.7 Å². The number of nitrogens with zero attached hydrogens (tertiary/aromatic N) is 3. The average Bonchev–Trinajstić information content (AvgIpc) is 3.94. The number of likely N-dealkylation sites (tertiary alicyclic amines) is 1. The molecule has 1 saturated carbocycles. The van der Waals surface area contributed by atoms with Crippen molar-refractivity contribution in [1.82, 2.24) is 25.8 Å². The van der Waals surface area contributed by atoms with Crippen molar-refractivity contribution >= 4 is 35.0 Å². The van der Waals surface area contributed by atoms with Crippen LogP contribution < -0.4 is 25.4 Å². The average molecular weight is 1010 g/mol. The Hall–Kier alpha value is -6.07. The molecule has 382 valence electrons. The van der Waals surface area contributed by atoms with Crippen molar-refractivity contribution in [3.8, 4) is 28.0 Å². The molecule has 3 atom stereocenters. The molecule has 3 unspecified atom stereocenters. The van der Waals surface area contributed by atoms with Crippen LogP contribution in [0.4, 0.5) is 13.2 Å². The van der Waals surface area contributed by atoms with Crippen LogP contribution in [-0.4, -0.2) is 109 Å². The van der Waals surface area contributed by atoms with Crippen molar-refractivity contribution in [2.45, 2.75) is 111 Å². The Morgan fingerprint density at radius 2 is 1.55 bits per heavy atom. The topological polar surface area (TPSA) is 201 Å². The molecule has 1 saturated heterocycles. The molecule has 1 aliphatic carbocycles. The first-order valence-electron chi connectivity index (χ1n) is 23.4. The second kappa shape index (κ2) is 22.6. The van der Waals surface area contributed by atoms with Gasteiger partial charge in [0.15, 0.2) is 0 Å². The highest BCUT2D eigenvalue weighted by molar-refractivity contribution is 7.13. The van der Waals surface area contributed by atoms with Gasteiger partial charge in [-0.05, 0) is 65.9 Å². The van der Waals surface area contributed by atoms with Gasteiger partial charge in [0, 0.05) is 48.4 Å². The molecule has 4 amide bonds. The van der Waals surface area contributed by atoms with Crippen LogP contribution in [0.1, 0.15) is 94.1 Å². The first-order valence-corrected chi connectivity index (χ1v) is 24.3. The summed E-state index contributed by atoms with van der Waals surface area (Å²) in [7, 11) is 0. The summed E-state index contributed by atoms with van der Waals surface area (Å²) in [6.07, 6.45) is -6.10. The molecule has 0 spiro atoms. The predicted molar refractivity (Wildman–Crippen MR) is 259 cm³/mol. The van der Waals surface area contributed by atoms with Gasteiger partial charge in [-0.15, -0.1) is 11.3 Å². The van der Waals surface area contributed by atoms with E-state index in [2.05, 4.69) is 20.9 Å². The summed E-state index contributed by atoms with van der Waals surface area (Å²) < 4.78 is 63.8. The zero-order valence-electron chi connectivity index (χ0n) is 41.3. The summed E-state index contributed by atoms with van der Waals surface area (Å²) in [5, 5.41) is 28.5. The Morgan fingerprint density at radius 1 is 0.915 bits per heavy atom. The lowest BCUT2D eigenvalue weighted by atomic mass is 9.49. The van der Waals surface area contributed by atoms with Crippen molar-refractivity contribution in [1.29, 1.82) is 5.26 Å². The van der Waals surface area contributed by atoms with Crippen LogP contribution in [0.15, 0.2) is 72.2 Å².